The van der Waals surface area contributed by atoms with Crippen LogP contribution >= 0.6 is 0 Å². The highest BCUT2D eigenvalue weighted by atomic mass is 127. The Bertz CT molecular complexity index is 920. The Balaban J connectivity index is 0. The van der Waals surface area contributed by atoms with Crippen LogP contribution in [0.15, 0.2) is 0 Å². The summed E-state index contributed by atoms with van der Waals surface area (Å²) in [5.74, 6) is -77.7. The highest BCUT2D eigenvalue weighted by molar-refractivity contribution is 5.18. The first-order valence-corrected chi connectivity index (χ1v) is 10.8. The van der Waals surface area contributed by atoms with E-state index in [1.54, 1.807) is 0 Å². The molecule has 0 aliphatic heterocycles. The summed E-state index contributed by atoms with van der Waals surface area (Å²) in [6.07, 6.45) is -15.3. The lowest BCUT2D eigenvalue weighted by molar-refractivity contribution is -0.901. The summed E-state index contributed by atoms with van der Waals surface area (Å²) in [7, 11) is 0. The van der Waals surface area contributed by atoms with E-state index >= 15 is 0 Å². The van der Waals surface area contributed by atoms with Crippen molar-refractivity contribution in [3.8, 4) is 0 Å². The van der Waals surface area contributed by atoms with E-state index in [-0.39, 0.29) is 42.0 Å². The Labute approximate surface area is 248 Å². The van der Waals surface area contributed by atoms with Gasteiger partial charge in [0, 0.05) is 12.8 Å². The van der Waals surface area contributed by atoms with Crippen molar-refractivity contribution in [2.45, 2.75) is 78.4 Å². The summed E-state index contributed by atoms with van der Waals surface area (Å²) < 4.78 is 281. The van der Waals surface area contributed by atoms with Gasteiger partial charge in [-0.25, -0.2) is 0 Å². The minimum absolute atomic E-state index is 0. The molecule has 26 heteroatoms. The van der Waals surface area contributed by atoms with Crippen LogP contribution in [0.25, 0.3) is 0 Å². The van der Waals surface area contributed by atoms with Crippen LogP contribution in [0.4, 0.5) is 92.2 Å². The standard InChI is InChI=1S/C18H18F21NO3.HI/c19-9(20,7-8(43)1-2-40(3-5-41)4-6-42)10(21,22)11(23,24)12(25,26)13(27,28)14(29,30)15(31,32)16(33,34)17(35,36)18(37,38)39;/h8,41-43H,1-7H2;1H. The summed E-state index contributed by atoms with van der Waals surface area (Å²) in [4.78, 5) is 0.00620. The summed E-state index contributed by atoms with van der Waals surface area (Å²) in [6, 6.07) is 0. The van der Waals surface area contributed by atoms with Gasteiger partial charge in [0.15, 0.2) is 0 Å². The molecule has 0 aromatic heterocycles. The van der Waals surface area contributed by atoms with E-state index in [9.17, 15) is 97.3 Å². The van der Waals surface area contributed by atoms with Gasteiger partial charge in [-0.15, -0.1) is 0 Å². The van der Waals surface area contributed by atoms with E-state index < -0.39 is 98.2 Å². The van der Waals surface area contributed by atoms with Gasteiger partial charge in [-0.3, -0.25) is 0 Å². The number of hydrogen-bond donors (Lipinski definition) is 4. The third-order valence-electron chi connectivity index (χ3n) is 5.83. The van der Waals surface area contributed by atoms with Gasteiger partial charge in [-0.1, -0.05) is 0 Å². The molecule has 0 spiro atoms. The smallest absolute Gasteiger partial charge is 0.460 e. The largest absolute Gasteiger partial charge is 1.00 e. The average molecular weight is 823 g/mol. The van der Waals surface area contributed by atoms with Gasteiger partial charge in [0.25, 0.3) is 0 Å². The van der Waals surface area contributed by atoms with E-state index in [4.69, 9.17) is 10.2 Å². The molecule has 0 saturated heterocycles. The number of hydrogen-bond acceptors (Lipinski definition) is 3. The normalized spacial score (nSPS) is 16.3. The minimum atomic E-state index is -9.23. The van der Waals surface area contributed by atoms with Crippen molar-refractivity contribution in [2.75, 3.05) is 32.8 Å². The zero-order valence-corrected chi connectivity index (χ0v) is 22.8. The number of nitrogens with one attached hydrogen (secondary N) is 1. The topological polar surface area (TPSA) is 65.1 Å². The molecule has 0 radical (unpaired) electrons. The summed E-state index contributed by atoms with van der Waals surface area (Å²) in [5, 5.41) is 26.9. The molecule has 268 valence electrons. The summed E-state index contributed by atoms with van der Waals surface area (Å²) in [6.45, 7) is -2.69. The van der Waals surface area contributed by atoms with Crippen LogP contribution in [-0.2, 0) is 0 Å². The number of aliphatic hydroxyl groups is 3. The monoisotopic (exact) mass is 823 g/mol. The first-order valence-electron chi connectivity index (χ1n) is 10.8. The highest BCUT2D eigenvalue weighted by Gasteiger charge is 2.97. The molecule has 0 amide bonds. The van der Waals surface area contributed by atoms with Crippen LogP contribution in [0.5, 0.6) is 0 Å². The summed E-state index contributed by atoms with van der Waals surface area (Å²) in [5.41, 5.74) is 0. The zero-order chi connectivity index (χ0) is 35.1. The lowest BCUT2D eigenvalue weighted by atomic mass is 9.85. The molecule has 0 aromatic carbocycles. The zero-order valence-electron chi connectivity index (χ0n) is 20.7. The second-order valence-electron chi connectivity index (χ2n) is 8.89. The molecule has 0 aliphatic carbocycles. The van der Waals surface area contributed by atoms with Crippen LogP contribution < -0.4 is 28.9 Å². The molecule has 4 nitrogen and oxygen atoms in total. The lowest BCUT2D eigenvalue weighted by Gasteiger charge is -2.44. The van der Waals surface area contributed by atoms with E-state index in [2.05, 4.69) is 0 Å². The van der Waals surface area contributed by atoms with Gasteiger partial charge in [-0.2, -0.15) is 92.2 Å². The van der Waals surface area contributed by atoms with Crippen molar-refractivity contribution < 1.29 is 136 Å². The van der Waals surface area contributed by atoms with E-state index in [0.717, 1.165) is 0 Å². The van der Waals surface area contributed by atoms with Crippen molar-refractivity contribution in [1.29, 1.82) is 0 Å². The van der Waals surface area contributed by atoms with Crippen LogP contribution in [0.3, 0.4) is 0 Å². The fraction of sp³-hybridized carbons (Fsp3) is 1.00. The van der Waals surface area contributed by atoms with E-state index in [1.807, 2.05) is 0 Å². The first-order chi connectivity index (χ1) is 18.6. The molecule has 1 atom stereocenters. The molecule has 0 saturated carbocycles. The number of quaternary nitrogens is 1. The van der Waals surface area contributed by atoms with Crippen molar-refractivity contribution in [2.24, 2.45) is 0 Å². The van der Waals surface area contributed by atoms with E-state index in [0.29, 0.717) is 0 Å². The van der Waals surface area contributed by atoms with Crippen LogP contribution in [0.1, 0.15) is 12.8 Å². The van der Waals surface area contributed by atoms with Crippen molar-refractivity contribution >= 4 is 0 Å². The number of alkyl halides is 21. The van der Waals surface area contributed by atoms with Crippen LogP contribution in [-0.4, -0.2) is 114 Å². The predicted octanol–water partition coefficient (Wildman–Crippen LogP) is 1.28. The van der Waals surface area contributed by atoms with Crippen LogP contribution in [0, 0.1) is 0 Å². The Morgan fingerprint density at radius 1 is 0.432 bits per heavy atom. The fourth-order valence-electron chi connectivity index (χ4n) is 3.18. The molecule has 0 heterocycles. The SMILES string of the molecule is OCC[NH+](CCO)CCC(O)CC(F)(F)C(F)(F)C(F)(F)C(F)(F)C(F)(F)C(F)(F)C(F)(F)C(F)(F)C(F)(F)C(F)(F)F.[I-]. The molecule has 4 N–H and O–H groups in total. The second kappa shape index (κ2) is 13.7. The molecule has 0 rings (SSSR count). The molecule has 1 unspecified atom stereocenters. The van der Waals surface area contributed by atoms with Crippen molar-refractivity contribution in [3.05, 3.63) is 0 Å². The van der Waals surface area contributed by atoms with Gasteiger partial charge in [0.1, 0.15) is 13.1 Å². The quantitative estimate of drug-likeness (QED) is 0.132. The number of halogens is 22. The molecular formula is C18H19F21INO3. The maximum atomic E-state index is 14.0. The third-order valence-corrected chi connectivity index (χ3v) is 5.83. The Hall–Kier alpha value is -0.900. The minimum Gasteiger partial charge on any atom is -1.00 e. The molecule has 0 aromatic rings. The van der Waals surface area contributed by atoms with Crippen molar-refractivity contribution in [1.82, 2.24) is 0 Å². The predicted molar refractivity (Wildman–Crippen MR) is 95.6 cm³/mol. The third kappa shape index (κ3) is 7.16. The van der Waals surface area contributed by atoms with E-state index in [1.165, 1.54) is 0 Å². The number of rotatable bonds is 17. The Kier molecular flexibility index (Phi) is 14.1. The van der Waals surface area contributed by atoms with Gasteiger partial charge >= 0.3 is 59.5 Å². The lowest BCUT2D eigenvalue weighted by Crippen LogP contribution is -3.13. The van der Waals surface area contributed by atoms with Gasteiger partial charge in [0.05, 0.1) is 25.9 Å². The second-order valence-corrected chi connectivity index (χ2v) is 8.89. The highest BCUT2D eigenvalue weighted by Crippen LogP contribution is 2.66. The maximum Gasteiger partial charge on any atom is 0.460 e. The average Bonchev–Trinajstić information content (AvgIpc) is 2.80. The maximum absolute atomic E-state index is 14.0. The molecule has 0 fully saturated rings. The summed E-state index contributed by atoms with van der Waals surface area (Å²) >= 11 is 0. The van der Waals surface area contributed by atoms with Gasteiger partial charge in [-0.05, 0) is 0 Å². The molecular weight excluding hydrogens is 804 g/mol. The van der Waals surface area contributed by atoms with Crippen molar-refractivity contribution in [3.63, 3.8) is 0 Å². The Morgan fingerprint density at radius 3 is 0.977 bits per heavy atom. The number of aliphatic hydroxyl groups excluding tert-OH is 3. The first kappa shape index (κ1) is 45.2. The molecule has 0 bridgehead atoms. The molecule has 44 heavy (non-hydrogen) atoms. The van der Waals surface area contributed by atoms with Crippen LogP contribution in [0.2, 0.25) is 0 Å². The fourth-order valence-corrected chi connectivity index (χ4v) is 3.18. The Morgan fingerprint density at radius 2 is 0.705 bits per heavy atom. The molecule has 0 aliphatic rings. The van der Waals surface area contributed by atoms with Gasteiger partial charge < -0.3 is 44.2 Å². The van der Waals surface area contributed by atoms with Gasteiger partial charge in [0.2, 0.25) is 0 Å².